The maximum absolute atomic E-state index is 12.2. The lowest BCUT2D eigenvalue weighted by Crippen LogP contribution is -2.44. The summed E-state index contributed by atoms with van der Waals surface area (Å²) in [5.74, 6) is 0.923. The van der Waals surface area contributed by atoms with Crippen molar-refractivity contribution in [3.8, 4) is 0 Å². The molecule has 0 aliphatic carbocycles. The average molecular weight is 252 g/mol. The Hall–Kier alpha value is -1.00. The first kappa shape index (κ1) is 14.1. The predicted octanol–water partition coefficient (Wildman–Crippen LogP) is 2.12. The molecule has 0 spiro atoms. The highest BCUT2D eigenvalue weighted by atomic mass is 32.2. The van der Waals surface area contributed by atoms with Gasteiger partial charge in [0, 0.05) is 12.2 Å². The van der Waals surface area contributed by atoms with Crippen molar-refractivity contribution in [3.05, 3.63) is 30.3 Å². The molecule has 1 aromatic rings. The molecule has 0 aromatic heterocycles. The topological polar surface area (TPSA) is 46.3 Å². The molecule has 0 aliphatic heterocycles. The van der Waals surface area contributed by atoms with Crippen molar-refractivity contribution in [2.75, 3.05) is 23.5 Å². The van der Waals surface area contributed by atoms with Crippen LogP contribution in [0.2, 0.25) is 0 Å². The highest BCUT2D eigenvalue weighted by Gasteiger charge is 2.20. The Bertz CT molecular complexity index is 343. The van der Waals surface area contributed by atoms with E-state index >= 15 is 0 Å². The number of hydrogen-bond donors (Lipinski definition) is 1. The van der Waals surface area contributed by atoms with Crippen LogP contribution in [0.25, 0.3) is 0 Å². The summed E-state index contributed by atoms with van der Waals surface area (Å²) in [7, 11) is 0. The van der Waals surface area contributed by atoms with Gasteiger partial charge in [0.2, 0.25) is 5.91 Å². The van der Waals surface area contributed by atoms with Crippen molar-refractivity contribution in [3.63, 3.8) is 0 Å². The van der Waals surface area contributed by atoms with Gasteiger partial charge in [0.05, 0.1) is 6.04 Å². The molecule has 3 nitrogen and oxygen atoms in total. The zero-order valence-corrected chi connectivity index (χ0v) is 11.2. The van der Waals surface area contributed by atoms with Crippen molar-refractivity contribution < 1.29 is 4.79 Å². The van der Waals surface area contributed by atoms with Crippen molar-refractivity contribution in [1.29, 1.82) is 0 Å². The number of hydrogen-bond acceptors (Lipinski definition) is 3. The van der Waals surface area contributed by atoms with Crippen LogP contribution in [0.4, 0.5) is 5.69 Å². The Morgan fingerprint density at radius 3 is 2.59 bits per heavy atom. The van der Waals surface area contributed by atoms with Gasteiger partial charge in [0.25, 0.3) is 0 Å². The quantitative estimate of drug-likeness (QED) is 0.843. The standard InChI is InChI=1S/C13H20N2OS/c1-3-15(11-7-5-4-6-8-11)13(16)12(14)9-10-17-2/h4-8,12H,3,9-10,14H2,1-2H3/t12-/m0/s1. The SMILES string of the molecule is CCN(C(=O)[C@@H](N)CCSC)c1ccccc1. The third-order valence-corrected chi connectivity index (χ3v) is 3.24. The lowest BCUT2D eigenvalue weighted by atomic mass is 10.2. The summed E-state index contributed by atoms with van der Waals surface area (Å²) in [6.45, 7) is 2.61. The predicted molar refractivity (Wildman–Crippen MR) is 75.4 cm³/mol. The molecule has 1 amide bonds. The highest BCUT2D eigenvalue weighted by molar-refractivity contribution is 7.98. The zero-order valence-electron chi connectivity index (χ0n) is 10.4. The Morgan fingerprint density at radius 1 is 1.41 bits per heavy atom. The van der Waals surface area contributed by atoms with Gasteiger partial charge in [-0.15, -0.1) is 0 Å². The van der Waals surface area contributed by atoms with E-state index in [-0.39, 0.29) is 5.91 Å². The lowest BCUT2D eigenvalue weighted by Gasteiger charge is -2.24. The van der Waals surface area contributed by atoms with Gasteiger partial charge in [-0.3, -0.25) is 4.79 Å². The number of benzene rings is 1. The number of carbonyl (C=O) groups excluding carboxylic acids is 1. The van der Waals surface area contributed by atoms with Crippen LogP contribution in [0, 0.1) is 0 Å². The van der Waals surface area contributed by atoms with Crippen LogP contribution >= 0.6 is 11.8 Å². The molecule has 0 heterocycles. The van der Waals surface area contributed by atoms with Crippen LogP contribution in [0.3, 0.4) is 0 Å². The maximum atomic E-state index is 12.2. The molecule has 0 aliphatic rings. The molecule has 0 saturated heterocycles. The summed E-state index contributed by atoms with van der Waals surface area (Å²) in [4.78, 5) is 13.9. The molecule has 2 N–H and O–H groups in total. The third-order valence-electron chi connectivity index (χ3n) is 2.60. The van der Waals surface area contributed by atoms with E-state index in [1.807, 2.05) is 43.5 Å². The number of thioether (sulfide) groups is 1. The van der Waals surface area contributed by atoms with Crippen molar-refractivity contribution in [2.24, 2.45) is 5.73 Å². The molecule has 0 radical (unpaired) electrons. The maximum Gasteiger partial charge on any atom is 0.243 e. The first-order valence-electron chi connectivity index (χ1n) is 5.81. The van der Waals surface area contributed by atoms with Crippen LogP contribution in [-0.2, 0) is 4.79 Å². The summed E-state index contributed by atoms with van der Waals surface area (Å²) in [6.07, 6.45) is 2.75. The third kappa shape index (κ3) is 4.06. The number of nitrogens with zero attached hydrogens (tertiary/aromatic N) is 1. The first-order valence-corrected chi connectivity index (χ1v) is 7.21. The molecule has 0 unspecified atom stereocenters. The number of para-hydroxylation sites is 1. The van der Waals surface area contributed by atoms with Crippen molar-refractivity contribution in [2.45, 2.75) is 19.4 Å². The number of carbonyl (C=O) groups is 1. The molecule has 94 valence electrons. The Balaban J connectivity index is 2.71. The van der Waals surface area contributed by atoms with E-state index in [9.17, 15) is 4.79 Å². The largest absolute Gasteiger partial charge is 0.320 e. The minimum atomic E-state index is -0.400. The monoisotopic (exact) mass is 252 g/mol. The van der Waals surface area contributed by atoms with Crippen LogP contribution in [0.15, 0.2) is 30.3 Å². The van der Waals surface area contributed by atoms with E-state index in [1.165, 1.54) is 0 Å². The van der Waals surface area contributed by atoms with E-state index < -0.39 is 6.04 Å². The lowest BCUT2D eigenvalue weighted by molar-refractivity contribution is -0.119. The van der Waals surface area contributed by atoms with Crippen LogP contribution < -0.4 is 10.6 Å². The summed E-state index contributed by atoms with van der Waals surface area (Å²) in [6, 6.07) is 9.26. The van der Waals surface area contributed by atoms with Gasteiger partial charge in [0.15, 0.2) is 0 Å². The minimum Gasteiger partial charge on any atom is -0.320 e. The van der Waals surface area contributed by atoms with Gasteiger partial charge in [-0.2, -0.15) is 11.8 Å². The fraction of sp³-hybridized carbons (Fsp3) is 0.462. The zero-order chi connectivity index (χ0) is 12.7. The molecule has 1 rings (SSSR count). The van der Waals surface area contributed by atoms with Gasteiger partial charge in [-0.1, -0.05) is 18.2 Å². The average Bonchev–Trinajstić information content (AvgIpc) is 2.38. The number of rotatable bonds is 6. The summed E-state index contributed by atoms with van der Waals surface area (Å²) in [5.41, 5.74) is 6.83. The van der Waals surface area contributed by atoms with E-state index in [4.69, 9.17) is 5.73 Å². The van der Waals surface area contributed by atoms with Crippen molar-refractivity contribution in [1.82, 2.24) is 0 Å². The number of nitrogens with two attached hydrogens (primary N) is 1. The second-order valence-electron chi connectivity index (χ2n) is 3.81. The van der Waals surface area contributed by atoms with E-state index in [2.05, 4.69) is 0 Å². The van der Waals surface area contributed by atoms with Crippen LogP contribution in [0.5, 0.6) is 0 Å². The molecule has 4 heteroatoms. The highest BCUT2D eigenvalue weighted by Crippen LogP contribution is 2.14. The smallest absolute Gasteiger partial charge is 0.243 e. The Labute approximate surface area is 107 Å². The number of likely N-dealkylation sites (N-methyl/N-ethyl adjacent to an activating group) is 1. The molecule has 17 heavy (non-hydrogen) atoms. The fourth-order valence-corrected chi connectivity index (χ4v) is 2.13. The molecule has 0 fully saturated rings. The summed E-state index contributed by atoms with van der Waals surface area (Å²) < 4.78 is 0. The van der Waals surface area contributed by atoms with E-state index in [0.717, 1.165) is 17.9 Å². The van der Waals surface area contributed by atoms with Gasteiger partial charge in [-0.05, 0) is 37.5 Å². The first-order chi connectivity index (χ1) is 8.20. The van der Waals surface area contributed by atoms with Crippen LogP contribution in [0.1, 0.15) is 13.3 Å². The molecule has 0 bridgehead atoms. The van der Waals surface area contributed by atoms with Gasteiger partial charge in [-0.25, -0.2) is 0 Å². The second-order valence-corrected chi connectivity index (χ2v) is 4.79. The van der Waals surface area contributed by atoms with Gasteiger partial charge >= 0.3 is 0 Å². The van der Waals surface area contributed by atoms with Crippen LogP contribution in [-0.4, -0.2) is 30.5 Å². The summed E-state index contributed by atoms with van der Waals surface area (Å²) >= 11 is 1.71. The summed E-state index contributed by atoms with van der Waals surface area (Å²) in [5, 5.41) is 0. The molecular weight excluding hydrogens is 232 g/mol. The second kappa shape index (κ2) is 7.35. The van der Waals surface area contributed by atoms with Gasteiger partial charge < -0.3 is 10.6 Å². The van der Waals surface area contributed by atoms with E-state index in [0.29, 0.717) is 6.54 Å². The fourth-order valence-electron chi connectivity index (χ4n) is 1.64. The number of amides is 1. The normalized spacial score (nSPS) is 12.2. The Morgan fingerprint density at radius 2 is 2.06 bits per heavy atom. The van der Waals surface area contributed by atoms with E-state index in [1.54, 1.807) is 16.7 Å². The minimum absolute atomic E-state index is 0.00718. The molecule has 1 atom stereocenters. The van der Waals surface area contributed by atoms with Crippen molar-refractivity contribution >= 4 is 23.4 Å². The number of anilines is 1. The Kier molecular flexibility index (Phi) is 6.08. The van der Waals surface area contributed by atoms with Gasteiger partial charge in [0.1, 0.15) is 0 Å². The molecular formula is C13H20N2OS. The molecule has 0 saturated carbocycles. The molecule has 1 aromatic carbocycles.